The molecule has 0 saturated carbocycles. The molecule has 0 radical (unpaired) electrons. The number of rotatable bonds is 8. The molecule has 1 aliphatic rings. The Morgan fingerprint density at radius 1 is 1.21 bits per heavy atom. The van der Waals surface area contributed by atoms with Crippen LogP contribution < -0.4 is 15.5 Å². The van der Waals surface area contributed by atoms with Crippen molar-refractivity contribution in [2.45, 2.75) is 50.8 Å². The first-order valence-electron chi connectivity index (χ1n) is 11.8. The number of nitrogens with one attached hydrogen (secondary N) is 2. The number of nitrogens with zero attached hydrogens (tertiary/aromatic N) is 3. The highest BCUT2D eigenvalue weighted by atomic mass is 16.3. The van der Waals surface area contributed by atoms with Gasteiger partial charge < -0.3 is 20.6 Å². The van der Waals surface area contributed by atoms with Gasteiger partial charge in [-0.15, -0.1) is 0 Å². The molecule has 1 fully saturated rings. The molecular weight excluding hydrogens is 430 g/mol. The van der Waals surface area contributed by atoms with Crippen molar-refractivity contribution in [2.24, 2.45) is 0 Å². The van der Waals surface area contributed by atoms with E-state index in [1.54, 1.807) is 23.4 Å². The molecule has 3 atom stereocenters. The number of carbonyl (C=O) groups excluding carboxylic acids is 2. The third-order valence-corrected chi connectivity index (χ3v) is 6.02. The molecule has 1 aliphatic heterocycles. The molecule has 0 bridgehead atoms. The minimum Gasteiger partial charge on any atom is -0.392 e. The molecule has 34 heavy (non-hydrogen) atoms. The molecule has 1 unspecified atom stereocenters. The number of anilines is 1. The van der Waals surface area contributed by atoms with Crippen molar-refractivity contribution in [2.75, 3.05) is 38.6 Å². The Balaban J connectivity index is 2.04. The third-order valence-electron chi connectivity index (χ3n) is 6.02. The van der Waals surface area contributed by atoms with Crippen LogP contribution in [0.4, 0.5) is 5.69 Å². The minimum absolute atomic E-state index is 0.0448. The standard InChI is InChI=1S/C26H37N5O3/c1-26(2,3)19-8-10-20(11-9-19)31(25(34)22-15-21(32)17-29-22)23(18-7-6-12-27-16-18)24(33)28-13-14-30(4)5/h6-12,16,21-23,29,32H,13-15,17H2,1-5H3,(H,28,33)/t21-,22-,23?/m1/s1. The summed E-state index contributed by atoms with van der Waals surface area (Å²) in [6.45, 7) is 7.87. The molecule has 1 saturated heterocycles. The lowest BCUT2D eigenvalue weighted by atomic mass is 9.87. The SMILES string of the molecule is CN(C)CCNC(=O)C(c1cccnc1)N(C(=O)[C@H]1C[C@@H](O)CN1)c1ccc(C(C)(C)C)cc1. The topological polar surface area (TPSA) is 97.8 Å². The predicted molar refractivity (Wildman–Crippen MR) is 134 cm³/mol. The van der Waals surface area contributed by atoms with Gasteiger partial charge in [-0.3, -0.25) is 19.5 Å². The van der Waals surface area contributed by atoms with Gasteiger partial charge in [0.25, 0.3) is 0 Å². The average molecular weight is 468 g/mol. The van der Waals surface area contributed by atoms with E-state index in [2.05, 4.69) is 36.4 Å². The van der Waals surface area contributed by atoms with Crippen LogP contribution in [-0.4, -0.2) is 72.7 Å². The normalized spacial score (nSPS) is 19.1. The van der Waals surface area contributed by atoms with Crippen LogP contribution in [0.3, 0.4) is 0 Å². The lowest BCUT2D eigenvalue weighted by Crippen LogP contribution is -2.50. The highest BCUT2D eigenvalue weighted by molar-refractivity contribution is 6.03. The molecule has 3 N–H and O–H groups in total. The second-order valence-corrected chi connectivity index (χ2v) is 10.1. The Morgan fingerprint density at radius 2 is 1.91 bits per heavy atom. The number of hydrogen-bond donors (Lipinski definition) is 3. The average Bonchev–Trinajstić information content (AvgIpc) is 3.23. The first-order valence-corrected chi connectivity index (χ1v) is 11.8. The number of β-amino-alcohol motifs (C(OH)–C–C–N with tert-alkyl or cyclic N) is 1. The van der Waals surface area contributed by atoms with E-state index in [1.165, 1.54) is 0 Å². The Kier molecular flexibility index (Phi) is 8.41. The van der Waals surface area contributed by atoms with Crippen molar-refractivity contribution < 1.29 is 14.7 Å². The van der Waals surface area contributed by atoms with Gasteiger partial charge in [0.15, 0.2) is 0 Å². The van der Waals surface area contributed by atoms with Gasteiger partial charge in [-0.25, -0.2) is 0 Å². The summed E-state index contributed by atoms with van der Waals surface area (Å²) in [5, 5.41) is 16.1. The van der Waals surface area contributed by atoms with Crippen LogP contribution in [0.25, 0.3) is 0 Å². The van der Waals surface area contributed by atoms with E-state index in [-0.39, 0.29) is 17.2 Å². The van der Waals surface area contributed by atoms with E-state index in [0.717, 1.165) is 5.56 Å². The molecule has 3 rings (SSSR count). The van der Waals surface area contributed by atoms with Gasteiger partial charge in [0.1, 0.15) is 6.04 Å². The van der Waals surface area contributed by atoms with Gasteiger partial charge >= 0.3 is 0 Å². The zero-order chi connectivity index (χ0) is 24.9. The summed E-state index contributed by atoms with van der Waals surface area (Å²) in [4.78, 5) is 35.1. The van der Waals surface area contributed by atoms with Crippen LogP contribution in [0.1, 0.15) is 44.4 Å². The number of likely N-dealkylation sites (N-methyl/N-ethyl adjacent to an activating group) is 1. The molecule has 8 heteroatoms. The molecular formula is C26H37N5O3. The number of pyridine rings is 1. The molecule has 184 valence electrons. The van der Waals surface area contributed by atoms with Crippen LogP contribution in [0.15, 0.2) is 48.8 Å². The van der Waals surface area contributed by atoms with E-state index in [9.17, 15) is 14.7 Å². The summed E-state index contributed by atoms with van der Waals surface area (Å²) < 4.78 is 0. The van der Waals surface area contributed by atoms with Crippen LogP contribution in [0, 0.1) is 0 Å². The molecule has 0 aliphatic carbocycles. The van der Waals surface area contributed by atoms with Gasteiger partial charge in [0.05, 0.1) is 12.1 Å². The third kappa shape index (κ3) is 6.40. The summed E-state index contributed by atoms with van der Waals surface area (Å²) in [6, 6.07) is 9.87. The van der Waals surface area contributed by atoms with Gasteiger partial charge in [-0.1, -0.05) is 39.0 Å². The van der Waals surface area contributed by atoms with Crippen molar-refractivity contribution in [3.05, 3.63) is 59.9 Å². The fourth-order valence-electron chi connectivity index (χ4n) is 4.05. The number of amides is 2. The van der Waals surface area contributed by atoms with Gasteiger partial charge in [-0.2, -0.15) is 0 Å². The first kappa shape index (κ1) is 25.8. The second kappa shape index (κ2) is 11.1. The Morgan fingerprint density at radius 3 is 2.44 bits per heavy atom. The number of aliphatic hydroxyl groups excluding tert-OH is 1. The number of aliphatic hydroxyl groups is 1. The number of benzene rings is 1. The lowest BCUT2D eigenvalue weighted by Gasteiger charge is -2.33. The highest BCUT2D eigenvalue weighted by Gasteiger charge is 2.39. The maximum Gasteiger partial charge on any atom is 0.247 e. The van der Waals surface area contributed by atoms with Crippen LogP contribution in [0.2, 0.25) is 0 Å². The fourth-order valence-corrected chi connectivity index (χ4v) is 4.05. The molecule has 1 aromatic heterocycles. The zero-order valence-electron chi connectivity index (χ0n) is 20.8. The number of aromatic nitrogens is 1. The van der Waals surface area contributed by atoms with E-state index >= 15 is 0 Å². The second-order valence-electron chi connectivity index (χ2n) is 10.1. The van der Waals surface area contributed by atoms with Crippen LogP contribution >= 0.6 is 0 Å². The van der Waals surface area contributed by atoms with E-state index in [1.807, 2.05) is 49.3 Å². The summed E-state index contributed by atoms with van der Waals surface area (Å²) in [7, 11) is 3.88. The summed E-state index contributed by atoms with van der Waals surface area (Å²) in [6.07, 6.45) is 2.97. The van der Waals surface area contributed by atoms with E-state index in [4.69, 9.17) is 0 Å². The summed E-state index contributed by atoms with van der Waals surface area (Å²) >= 11 is 0. The fraction of sp³-hybridized carbons (Fsp3) is 0.500. The maximum absolute atomic E-state index is 13.8. The molecule has 1 aromatic carbocycles. The minimum atomic E-state index is -0.900. The smallest absolute Gasteiger partial charge is 0.247 e. The predicted octanol–water partition coefficient (Wildman–Crippen LogP) is 1.85. The van der Waals surface area contributed by atoms with Gasteiger partial charge in [0, 0.05) is 43.3 Å². The molecule has 8 nitrogen and oxygen atoms in total. The molecule has 2 aromatic rings. The van der Waals surface area contributed by atoms with Crippen molar-refractivity contribution in [3.63, 3.8) is 0 Å². The lowest BCUT2D eigenvalue weighted by molar-refractivity contribution is -0.127. The van der Waals surface area contributed by atoms with Crippen molar-refractivity contribution >= 4 is 17.5 Å². The number of hydrogen-bond acceptors (Lipinski definition) is 6. The quantitative estimate of drug-likeness (QED) is 0.548. The van der Waals surface area contributed by atoms with Crippen LogP contribution in [0.5, 0.6) is 0 Å². The monoisotopic (exact) mass is 467 g/mol. The van der Waals surface area contributed by atoms with E-state index < -0.39 is 18.2 Å². The largest absolute Gasteiger partial charge is 0.392 e. The highest BCUT2D eigenvalue weighted by Crippen LogP contribution is 2.32. The van der Waals surface area contributed by atoms with Crippen molar-refractivity contribution in [1.29, 1.82) is 0 Å². The van der Waals surface area contributed by atoms with Crippen molar-refractivity contribution in [3.8, 4) is 0 Å². The summed E-state index contributed by atoms with van der Waals surface area (Å²) in [5.74, 6) is -0.529. The Bertz CT molecular complexity index is 957. The van der Waals surface area contributed by atoms with Crippen molar-refractivity contribution in [1.82, 2.24) is 20.5 Å². The molecule has 2 amide bonds. The maximum atomic E-state index is 13.8. The van der Waals surface area contributed by atoms with E-state index in [0.29, 0.717) is 37.3 Å². The molecule has 2 heterocycles. The number of carbonyl (C=O) groups is 2. The molecule has 0 spiro atoms. The zero-order valence-corrected chi connectivity index (χ0v) is 20.8. The summed E-state index contributed by atoms with van der Waals surface area (Å²) in [5.41, 5.74) is 2.33. The first-order chi connectivity index (χ1) is 16.1. The Hall–Kier alpha value is -2.81. The Labute approximate surface area is 202 Å². The van der Waals surface area contributed by atoms with Gasteiger partial charge in [-0.05, 0) is 49.7 Å². The van der Waals surface area contributed by atoms with Gasteiger partial charge in [0.2, 0.25) is 11.8 Å². The van der Waals surface area contributed by atoms with Crippen LogP contribution in [-0.2, 0) is 15.0 Å².